The van der Waals surface area contributed by atoms with Gasteiger partial charge in [-0.05, 0) is 44.5 Å². The van der Waals surface area contributed by atoms with Gasteiger partial charge in [0.15, 0.2) is 5.82 Å². The summed E-state index contributed by atoms with van der Waals surface area (Å²) < 4.78 is 1.71. The van der Waals surface area contributed by atoms with Crippen molar-refractivity contribution < 1.29 is 4.79 Å². The number of H-pyrrole nitrogens is 1. The smallest absolute Gasteiger partial charge is 0.255 e. The summed E-state index contributed by atoms with van der Waals surface area (Å²) in [6.07, 6.45) is 1.83. The number of rotatable bonds is 5. The third kappa shape index (κ3) is 3.91. The third-order valence-electron chi connectivity index (χ3n) is 4.70. The van der Waals surface area contributed by atoms with Crippen LogP contribution in [0.1, 0.15) is 40.5 Å². The quantitative estimate of drug-likeness (QED) is 0.545. The van der Waals surface area contributed by atoms with Gasteiger partial charge in [-0.25, -0.2) is 9.67 Å². The summed E-state index contributed by atoms with van der Waals surface area (Å²) in [7, 11) is 0. The van der Waals surface area contributed by atoms with Crippen molar-refractivity contribution >= 4 is 11.6 Å². The van der Waals surface area contributed by atoms with Gasteiger partial charge in [0.2, 0.25) is 0 Å². The van der Waals surface area contributed by atoms with Crippen molar-refractivity contribution in [2.75, 3.05) is 5.32 Å². The molecule has 0 spiro atoms. The normalized spacial score (nSPS) is 12.0. The number of benzene rings is 2. The molecule has 1 amide bonds. The van der Waals surface area contributed by atoms with E-state index < -0.39 is 0 Å². The van der Waals surface area contributed by atoms with E-state index in [4.69, 9.17) is 0 Å². The lowest BCUT2D eigenvalue weighted by atomic mass is 10.0. The molecule has 0 aliphatic heterocycles. The molecule has 2 aromatic carbocycles. The lowest BCUT2D eigenvalue weighted by molar-refractivity contribution is 0.102. The van der Waals surface area contributed by atoms with Gasteiger partial charge in [0, 0.05) is 16.8 Å². The van der Waals surface area contributed by atoms with E-state index in [-0.39, 0.29) is 11.9 Å². The number of hydrogen-bond donors (Lipinski definition) is 2. The van der Waals surface area contributed by atoms with Gasteiger partial charge in [-0.2, -0.15) is 5.10 Å². The second kappa shape index (κ2) is 7.67. The molecule has 29 heavy (non-hydrogen) atoms. The highest BCUT2D eigenvalue weighted by Gasteiger charge is 2.17. The van der Waals surface area contributed by atoms with Crippen LogP contribution in [-0.2, 0) is 0 Å². The molecular weight excluding hydrogens is 366 g/mol. The van der Waals surface area contributed by atoms with E-state index in [2.05, 4.69) is 30.8 Å². The van der Waals surface area contributed by atoms with Gasteiger partial charge in [-0.3, -0.25) is 9.89 Å². The fourth-order valence-electron chi connectivity index (χ4n) is 3.01. The van der Waals surface area contributed by atoms with E-state index in [1.54, 1.807) is 4.68 Å². The van der Waals surface area contributed by atoms with Crippen LogP contribution in [0, 0.1) is 13.8 Å². The van der Waals surface area contributed by atoms with Crippen LogP contribution in [0.15, 0.2) is 54.7 Å². The lowest BCUT2D eigenvalue weighted by Crippen LogP contribution is -2.13. The molecule has 0 aliphatic carbocycles. The van der Waals surface area contributed by atoms with Crippen LogP contribution in [0.5, 0.6) is 0 Å². The summed E-state index contributed by atoms with van der Waals surface area (Å²) in [5, 5.41) is 18.4. The van der Waals surface area contributed by atoms with Crippen LogP contribution in [0.2, 0.25) is 0 Å². The van der Waals surface area contributed by atoms with E-state index in [1.165, 1.54) is 0 Å². The highest BCUT2D eigenvalue weighted by atomic mass is 16.1. The Hall–Kier alpha value is -3.81. The molecule has 146 valence electrons. The Bertz CT molecular complexity index is 1150. The highest BCUT2D eigenvalue weighted by Crippen LogP contribution is 2.23. The van der Waals surface area contributed by atoms with Crippen molar-refractivity contribution in [1.29, 1.82) is 0 Å². The van der Waals surface area contributed by atoms with Gasteiger partial charge in [0.05, 0.1) is 6.20 Å². The predicted octanol–water partition coefficient (Wildman–Crippen LogP) is 3.54. The molecule has 4 rings (SSSR count). The number of carbonyl (C=O) groups is 1. The number of aromatic nitrogens is 6. The van der Waals surface area contributed by atoms with Crippen molar-refractivity contribution in [1.82, 2.24) is 30.2 Å². The molecule has 1 unspecified atom stereocenters. The molecule has 2 aromatic heterocycles. The minimum Gasteiger partial charge on any atom is -0.322 e. The molecule has 0 aliphatic rings. The van der Waals surface area contributed by atoms with Crippen LogP contribution in [-0.4, -0.2) is 36.1 Å². The van der Waals surface area contributed by atoms with E-state index in [9.17, 15) is 4.79 Å². The average molecular weight is 387 g/mol. The summed E-state index contributed by atoms with van der Waals surface area (Å²) >= 11 is 0. The standard InChI is InChI=1S/C21H21N7O/c1-13-9-10-16(11-18(13)21(29)23-17-7-5-4-6-8-17)19-12-28(27-25-19)14(2)20-22-15(3)24-26-20/h4-12,14H,1-3H3,(H,23,29)(H,22,24,26). The van der Waals surface area contributed by atoms with Crippen LogP contribution in [0.4, 0.5) is 5.69 Å². The van der Waals surface area contributed by atoms with Crippen molar-refractivity contribution in [2.45, 2.75) is 26.8 Å². The maximum Gasteiger partial charge on any atom is 0.255 e. The predicted molar refractivity (Wildman–Crippen MR) is 110 cm³/mol. The summed E-state index contributed by atoms with van der Waals surface area (Å²) in [6, 6.07) is 14.9. The van der Waals surface area contributed by atoms with Crippen molar-refractivity contribution in [3.05, 3.63) is 77.5 Å². The summed E-state index contributed by atoms with van der Waals surface area (Å²) in [5.74, 6) is 1.23. The van der Waals surface area contributed by atoms with Crippen LogP contribution >= 0.6 is 0 Å². The number of amides is 1. The first-order chi connectivity index (χ1) is 14.0. The van der Waals surface area contributed by atoms with Gasteiger partial charge in [0.25, 0.3) is 5.91 Å². The Morgan fingerprint density at radius 3 is 2.66 bits per heavy atom. The second-order valence-electron chi connectivity index (χ2n) is 6.89. The molecule has 4 aromatic rings. The van der Waals surface area contributed by atoms with Gasteiger partial charge in [0.1, 0.15) is 17.6 Å². The molecule has 0 saturated heterocycles. The Kier molecular flexibility index (Phi) is 4.90. The van der Waals surface area contributed by atoms with Gasteiger partial charge in [-0.15, -0.1) is 5.10 Å². The van der Waals surface area contributed by atoms with E-state index in [0.717, 1.165) is 22.6 Å². The molecule has 0 radical (unpaired) electrons. The Morgan fingerprint density at radius 2 is 1.93 bits per heavy atom. The molecule has 0 fully saturated rings. The monoisotopic (exact) mass is 387 g/mol. The van der Waals surface area contributed by atoms with Gasteiger partial charge >= 0.3 is 0 Å². The van der Waals surface area contributed by atoms with E-state index in [0.29, 0.717) is 17.1 Å². The minimum atomic E-state index is -0.160. The summed E-state index contributed by atoms with van der Waals surface area (Å²) in [4.78, 5) is 17.1. The largest absolute Gasteiger partial charge is 0.322 e. The average Bonchev–Trinajstić information content (AvgIpc) is 3.38. The van der Waals surface area contributed by atoms with Crippen LogP contribution in [0.3, 0.4) is 0 Å². The minimum absolute atomic E-state index is 0.160. The lowest BCUT2D eigenvalue weighted by Gasteiger charge is -2.09. The number of nitrogens with zero attached hydrogens (tertiary/aromatic N) is 5. The van der Waals surface area contributed by atoms with Crippen LogP contribution in [0.25, 0.3) is 11.3 Å². The first-order valence-electron chi connectivity index (χ1n) is 9.29. The number of aromatic amines is 1. The van der Waals surface area contributed by atoms with E-state index >= 15 is 0 Å². The molecule has 2 heterocycles. The fourth-order valence-corrected chi connectivity index (χ4v) is 3.01. The van der Waals surface area contributed by atoms with Crippen molar-refractivity contribution in [3.8, 4) is 11.3 Å². The number of anilines is 1. The van der Waals surface area contributed by atoms with Crippen molar-refractivity contribution in [3.63, 3.8) is 0 Å². The maximum atomic E-state index is 12.7. The number of hydrogen-bond acceptors (Lipinski definition) is 5. The molecular formula is C21H21N7O. The van der Waals surface area contributed by atoms with Gasteiger partial charge in [-0.1, -0.05) is 35.5 Å². The first kappa shape index (κ1) is 18.5. The summed E-state index contributed by atoms with van der Waals surface area (Å²) in [6.45, 7) is 5.72. The molecule has 8 heteroatoms. The Morgan fingerprint density at radius 1 is 1.14 bits per heavy atom. The van der Waals surface area contributed by atoms with Crippen molar-refractivity contribution in [2.24, 2.45) is 0 Å². The molecule has 2 N–H and O–H groups in total. The van der Waals surface area contributed by atoms with Crippen LogP contribution < -0.4 is 5.32 Å². The SMILES string of the molecule is Cc1nc(C(C)n2cc(-c3ccc(C)c(C(=O)Nc4ccccc4)c3)nn2)n[nH]1. The Balaban J connectivity index is 1.59. The molecule has 0 bridgehead atoms. The third-order valence-corrected chi connectivity index (χ3v) is 4.70. The zero-order valence-corrected chi connectivity index (χ0v) is 16.4. The fraction of sp³-hybridized carbons (Fsp3) is 0.190. The first-order valence-corrected chi connectivity index (χ1v) is 9.29. The number of carbonyl (C=O) groups excluding carboxylic acids is 1. The molecule has 8 nitrogen and oxygen atoms in total. The molecule has 0 saturated carbocycles. The summed E-state index contributed by atoms with van der Waals surface area (Å²) in [5.41, 5.74) is 3.73. The number of nitrogens with one attached hydrogen (secondary N) is 2. The topological polar surface area (TPSA) is 101 Å². The van der Waals surface area contributed by atoms with E-state index in [1.807, 2.05) is 75.5 Å². The zero-order chi connectivity index (χ0) is 20.4. The zero-order valence-electron chi connectivity index (χ0n) is 16.4. The molecule has 1 atom stereocenters. The number of para-hydroxylation sites is 1. The number of aryl methyl sites for hydroxylation is 2. The Labute approximate surface area is 168 Å². The van der Waals surface area contributed by atoms with Gasteiger partial charge < -0.3 is 5.32 Å². The maximum absolute atomic E-state index is 12.7. The second-order valence-corrected chi connectivity index (χ2v) is 6.89. The highest BCUT2D eigenvalue weighted by molar-refractivity contribution is 6.05.